The van der Waals surface area contributed by atoms with Crippen molar-refractivity contribution in [1.82, 2.24) is 5.32 Å². The lowest BCUT2D eigenvalue weighted by Gasteiger charge is -2.27. The second-order valence-electron chi connectivity index (χ2n) is 8.42. The number of hydrogen-bond acceptors (Lipinski definition) is 4. The van der Waals surface area contributed by atoms with Crippen LogP contribution in [0.3, 0.4) is 0 Å². The molecule has 4 nitrogen and oxygen atoms in total. The molecule has 0 radical (unpaired) electrons. The highest BCUT2D eigenvalue weighted by atomic mass is 35.5. The third-order valence-electron chi connectivity index (χ3n) is 6.02. The fraction of sp³-hybridized carbons (Fsp3) is 0.385. The van der Waals surface area contributed by atoms with Gasteiger partial charge in [-0.3, -0.25) is 9.59 Å². The number of fused-ring (bicyclic) bond motifs is 1. The number of likely N-dealkylation sites (N-methyl/N-ethyl adjacent to an activating group) is 1. The molecule has 1 heterocycles. The lowest BCUT2D eigenvalue weighted by molar-refractivity contribution is -0.114. The average Bonchev–Trinajstić information content (AvgIpc) is 2.84. The van der Waals surface area contributed by atoms with Gasteiger partial charge < -0.3 is 10.2 Å². The van der Waals surface area contributed by atoms with E-state index < -0.39 is 0 Å². The molecule has 0 unspecified atom stereocenters. The maximum atomic E-state index is 13.0. The van der Waals surface area contributed by atoms with Gasteiger partial charge in [0.25, 0.3) is 11.8 Å². The predicted molar refractivity (Wildman–Crippen MR) is 141 cm³/mol. The molecule has 4 rings (SSSR count). The zero-order chi connectivity index (χ0) is 23.2. The van der Waals surface area contributed by atoms with Crippen LogP contribution < -0.4 is 10.2 Å². The first-order valence-electron chi connectivity index (χ1n) is 11.5. The van der Waals surface area contributed by atoms with Crippen molar-refractivity contribution in [1.29, 1.82) is 0 Å². The number of nitrogens with one attached hydrogen (secondary N) is 1. The highest BCUT2D eigenvalue weighted by Crippen LogP contribution is 2.42. The van der Waals surface area contributed by atoms with Gasteiger partial charge in [0.05, 0.1) is 10.6 Å². The second kappa shape index (κ2) is 11.5. The Bertz CT molecular complexity index is 1050. The minimum absolute atomic E-state index is 0.0938. The third-order valence-corrected chi connectivity index (χ3v) is 8.91. The number of carbonyl (C=O) groups excluding carboxylic acids is 2. The highest BCUT2D eigenvalue weighted by Gasteiger charge is 2.27. The van der Waals surface area contributed by atoms with E-state index in [1.54, 1.807) is 18.0 Å². The summed E-state index contributed by atoms with van der Waals surface area (Å²) in [6.45, 7) is 0.671. The number of rotatable bonds is 7. The summed E-state index contributed by atoms with van der Waals surface area (Å²) in [4.78, 5) is 28.8. The number of carbonyl (C=O) groups is 2. The maximum Gasteiger partial charge on any atom is 0.264 e. The molecule has 1 N–H and O–H groups in total. The standard InChI is InChI=1S/C26H29ClN2O2S2/c1-29-22-16-19(25(30)28-14-7-15-32-20-9-3-2-4-10-20)12-13-23(22)33-24(26(29)31)17-18-8-5-6-11-21(18)27/h5-6,8,11-13,16-17,20H,2-4,7,9-10,14-15H2,1H3,(H,28,30). The summed E-state index contributed by atoms with van der Waals surface area (Å²) in [6.07, 6.45) is 9.57. The molecule has 2 aromatic carbocycles. The fourth-order valence-electron chi connectivity index (χ4n) is 4.13. The molecule has 0 spiro atoms. The minimum atomic E-state index is -0.107. The predicted octanol–water partition coefficient (Wildman–Crippen LogP) is 6.64. The van der Waals surface area contributed by atoms with Crippen LogP contribution >= 0.6 is 35.1 Å². The summed E-state index contributed by atoms with van der Waals surface area (Å²) in [5.74, 6) is 0.886. The van der Waals surface area contributed by atoms with E-state index in [2.05, 4.69) is 17.1 Å². The first-order chi connectivity index (χ1) is 16.0. The molecule has 33 heavy (non-hydrogen) atoms. The van der Waals surface area contributed by atoms with Gasteiger partial charge in [0.1, 0.15) is 0 Å². The third kappa shape index (κ3) is 6.17. The fourth-order valence-corrected chi connectivity index (χ4v) is 6.71. The van der Waals surface area contributed by atoms with Crippen molar-refractivity contribution in [3.63, 3.8) is 0 Å². The van der Waals surface area contributed by atoms with Crippen LogP contribution in [0.15, 0.2) is 52.3 Å². The normalized spacial score (nSPS) is 17.8. The van der Waals surface area contributed by atoms with Crippen LogP contribution in [0.25, 0.3) is 6.08 Å². The quantitative estimate of drug-likeness (QED) is 0.342. The monoisotopic (exact) mass is 500 g/mol. The van der Waals surface area contributed by atoms with Crippen molar-refractivity contribution in [3.8, 4) is 0 Å². The van der Waals surface area contributed by atoms with Crippen LogP contribution in [-0.4, -0.2) is 36.4 Å². The van der Waals surface area contributed by atoms with E-state index in [1.807, 2.05) is 42.5 Å². The van der Waals surface area contributed by atoms with E-state index in [0.29, 0.717) is 22.0 Å². The summed E-state index contributed by atoms with van der Waals surface area (Å²) >= 11 is 9.72. The summed E-state index contributed by atoms with van der Waals surface area (Å²) in [6, 6.07) is 13.0. The average molecular weight is 501 g/mol. The number of nitrogens with zero attached hydrogens (tertiary/aromatic N) is 1. The molecule has 1 fully saturated rings. The van der Waals surface area contributed by atoms with Crippen LogP contribution in [0.2, 0.25) is 5.02 Å². The Labute approximate surface area is 209 Å². The Morgan fingerprint density at radius 2 is 2.00 bits per heavy atom. The van der Waals surface area contributed by atoms with Gasteiger partial charge in [-0.05, 0) is 60.9 Å². The Hall–Kier alpha value is -1.89. The molecule has 0 atom stereocenters. The van der Waals surface area contributed by atoms with Gasteiger partial charge in [0, 0.05) is 34.3 Å². The molecule has 174 valence electrons. The zero-order valence-corrected chi connectivity index (χ0v) is 21.2. The molecule has 0 bridgehead atoms. The Balaban J connectivity index is 1.35. The molecule has 2 aromatic rings. The van der Waals surface area contributed by atoms with E-state index in [-0.39, 0.29) is 11.8 Å². The van der Waals surface area contributed by atoms with Crippen LogP contribution in [-0.2, 0) is 4.79 Å². The summed E-state index contributed by atoms with van der Waals surface area (Å²) < 4.78 is 0. The molecule has 1 aliphatic heterocycles. The van der Waals surface area contributed by atoms with Gasteiger partial charge >= 0.3 is 0 Å². The van der Waals surface area contributed by atoms with Gasteiger partial charge in [-0.25, -0.2) is 0 Å². The number of benzene rings is 2. The van der Waals surface area contributed by atoms with E-state index >= 15 is 0 Å². The lowest BCUT2D eigenvalue weighted by atomic mass is 10.0. The maximum absolute atomic E-state index is 13.0. The molecule has 1 aliphatic carbocycles. The number of amides is 2. The Morgan fingerprint density at radius 3 is 2.79 bits per heavy atom. The topological polar surface area (TPSA) is 49.4 Å². The highest BCUT2D eigenvalue weighted by molar-refractivity contribution is 8.04. The van der Waals surface area contributed by atoms with E-state index in [9.17, 15) is 9.59 Å². The van der Waals surface area contributed by atoms with Crippen molar-refractivity contribution in [2.45, 2.75) is 48.7 Å². The first kappa shape index (κ1) is 24.2. The van der Waals surface area contributed by atoms with Gasteiger partial charge in [-0.2, -0.15) is 11.8 Å². The summed E-state index contributed by atoms with van der Waals surface area (Å²) in [5, 5.41) is 4.44. The first-order valence-corrected chi connectivity index (χ1v) is 13.7. The van der Waals surface area contributed by atoms with Gasteiger partial charge in [0.2, 0.25) is 0 Å². The van der Waals surface area contributed by atoms with Crippen LogP contribution in [0.5, 0.6) is 0 Å². The van der Waals surface area contributed by atoms with Crippen molar-refractivity contribution < 1.29 is 9.59 Å². The van der Waals surface area contributed by atoms with Crippen molar-refractivity contribution in [3.05, 3.63) is 63.5 Å². The Kier molecular flexibility index (Phi) is 8.45. The Morgan fingerprint density at radius 1 is 1.21 bits per heavy atom. The van der Waals surface area contributed by atoms with Crippen LogP contribution in [0.4, 0.5) is 5.69 Å². The van der Waals surface area contributed by atoms with E-state index in [4.69, 9.17) is 11.6 Å². The van der Waals surface area contributed by atoms with Gasteiger partial charge in [-0.15, -0.1) is 0 Å². The molecular weight excluding hydrogens is 472 g/mol. The zero-order valence-electron chi connectivity index (χ0n) is 18.8. The lowest BCUT2D eigenvalue weighted by Crippen LogP contribution is -2.31. The molecular formula is C26H29ClN2O2S2. The largest absolute Gasteiger partial charge is 0.352 e. The number of hydrogen-bond donors (Lipinski definition) is 1. The van der Waals surface area contributed by atoms with Gasteiger partial charge in [-0.1, -0.05) is 60.8 Å². The van der Waals surface area contributed by atoms with Crippen LogP contribution in [0, 0.1) is 0 Å². The van der Waals surface area contributed by atoms with Crippen LogP contribution in [0.1, 0.15) is 54.4 Å². The van der Waals surface area contributed by atoms with Crippen molar-refractivity contribution in [2.24, 2.45) is 0 Å². The SMILES string of the molecule is CN1C(=O)C(=Cc2ccccc2Cl)Sc2ccc(C(=O)NCCCSC3CCCCC3)cc21. The second-order valence-corrected chi connectivity index (χ2v) is 11.3. The molecule has 0 aromatic heterocycles. The number of halogens is 1. The van der Waals surface area contributed by atoms with Gasteiger partial charge in [0.15, 0.2) is 0 Å². The molecule has 1 saturated carbocycles. The molecule has 2 aliphatic rings. The van der Waals surface area contributed by atoms with Crippen molar-refractivity contribution in [2.75, 3.05) is 24.2 Å². The molecule has 2 amide bonds. The smallest absolute Gasteiger partial charge is 0.264 e. The van der Waals surface area contributed by atoms with E-state index in [0.717, 1.165) is 33.6 Å². The minimum Gasteiger partial charge on any atom is -0.352 e. The number of thioether (sulfide) groups is 2. The summed E-state index contributed by atoms with van der Waals surface area (Å²) in [7, 11) is 1.74. The molecule has 7 heteroatoms. The van der Waals surface area contributed by atoms with Crippen molar-refractivity contribution >= 4 is 58.7 Å². The van der Waals surface area contributed by atoms with E-state index in [1.165, 1.54) is 43.9 Å². The number of anilines is 1. The summed E-state index contributed by atoms with van der Waals surface area (Å²) in [5.41, 5.74) is 2.14. The molecule has 0 saturated heterocycles.